The second-order valence-corrected chi connectivity index (χ2v) is 6.16. The first-order valence-corrected chi connectivity index (χ1v) is 9.02. The number of aromatic amines is 1. The first-order chi connectivity index (χ1) is 14.0. The number of nitrogens with zero attached hydrogens (tertiary/aromatic N) is 2. The molecule has 0 radical (unpaired) electrons. The molecule has 0 unspecified atom stereocenters. The minimum atomic E-state index is -0.408. The van der Waals surface area contributed by atoms with Crippen molar-refractivity contribution in [3.05, 3.63) is 59.3 Å². The molecule has 0 atom stereocenters. The largest absolute Gasteiger partial charge is 0.504 e. The third-order valence-corrected chi connectivity index (χ3v) is 4.26. The van der Waals surface area contributed by atoms with Crippen LogP contribution in [0.5, 0.6) is 17.2 Å². The number of rotatable bonds is 7. The fraction of sp³-hybridized carbons (Fsp3) is 0.190. The molecular weight excluding hydrogens is 372 g/mol. The molecule has 8 heteroatoms. The first-order valence-electron chi connectivity index (χ1n) is 9.02. The van der Waals surface area contributed by atoms with Gasteiger partial charge < -0.3 is 14.6 Å². The van der Waals surface area contributed by atoms with Gasteiger partial charge in [0.15, 0.2) is 11.5 Å². The van der Waals surface area contributed by atoms with Crippen LogP contribution >= 0.6 is 0 Å². The zero-order valence-electron chi connectivity index (χ0n) is 16.4. The summed E-state index contributed by atoms with van der Waals surface area (Å²) in [6.07, 6.45) is 1.46. The normalized spacial score (nSPS) is 10.9. The number of amides is 1. The number of H-pyrrole nitrogens is 1. The standard InChI is InChI=1S/C21H22N4O4/c1-4-29-16-8-6-15(7-9-16)19-13(2)20(24-23-19)21(27)25-22-12-14-5-10-17(26)18(11-14)28-3/h5-12,26H,4H2,1-3H3,(H,23,24)(H,25,27). The molecule has 1 heterocycles. The van der Waals surface area contributed by atoms with Gasteiger partial charge in [-0.2, -0.15) is 10.2 Å². The molecule has 0 saturated carbocycles. The Morgan fingerprint density at radius 2 is 2.03 bits per heavy atom. The Morgan fingerprint density at radius 1 is 1.28 bits per heavy atom. The van der Waals surface area contributed by atoms with Gasteiger partial charge in [0.2, 0.25) is 0 Å². The number of hydrogen-bond donors (Lipinski definition) is 3. The number of hydrazone groups is 1. The van der Waals surface area contributed by atoms with E-state index in [0.29, 0.717) is 34.9 Å². The maximum atomic E-state index is 12.4. The number of phenolic OH excluding ortho intramolecular Hbond substituents is 1. The zero-order chi connectivity index (χ0) is 20.8. The maximum Gasteiger partial charge on any atom is 0.289 e. The van der Waals surface area contributed by atoms with E-state index in [4.69, 9.17) is 9.47 Å². The van der Waals surface area contributed by atoms with Crippen molar-refractivity contribution in [3.8, 4) is 28.5 Å². The van der Waals surface area contributed by atoms with E-state index in [1.165, 1.54) is 19.4 Å². The van der Waals surface area contributed by atoms with E-state index in [-0.39, 0.29) is 5.75 Å². The number of methoxy groups -OCH3 is 1. The van der Waals surface area contributed by atoms with Crippen molar-refractivity contribution < 1.29 is 19.4 Å². The van der Waals surface area contributed by atoms with Crippen LogP contribution in [0, 0.1) is 6.92 Å². The second kappa shape index (κ2) is 8.92. The van der Waals surface area contributed by atoms with Crippen LogP contribution in [0.4, 0.5) is 0 Å². The molecule has 0 aliphatic rings. The van der Waals surface area contributed by atoms with Crippen molar-refractivity contribution in [3.63, 3.8) is 0 Å². The fourth-order valence-corrected chi connectivity index (χ4v) is 2.77. The number of phenols is 1. The lowest BCUT2D eigenvalue weighted by Crippen LogP contribution is -2.19. The molecule has 0 bridgehead atoms. The molecule has 150 valence electrons. The van der Waals surface area contributed by atoms with E-state index in [1.54, 1.807) is 12.1 Å². The lowest BCUT2D eigenvalue weighted by Gasteiger charge is -2.04. The Hall–Kier alpha value is -3.81. The summed E-state index contributed by atoms with van der Waals surface area (Å²) in [5.74, 6) is 0.727. The molecule has 8 nitrogen and oxygen atoms in total. The summed E-state index contributed by atoms with van der Waals surface area (Å²) >= 11 is 0. The quantitative estimate of drug-likeness (QED) is 0.421. The Bertz CT molecular complexity index is 1030. The third-order valence-electron chi connectivity index (χ3n) is 4.26. The van der Waals surface area contributed by atoms with Crippen molar-refractivity contribution in [2.45, 2.75) is 13.8 Å². The predicted molar refractivity (Wildman–Crippen MR) is 110 cm³/mol. The molecule has 2 aromatic carbocycles. The van der Waals surface area contributed by atoms with Gasteiger partial charge in [-0.1, -0.05) is 0 Å². The van der Waals surface area contributed by atoms with Crippen LogP contribution in [0.3, 0.4) is 0 Å². The van der Waals surface area contributed by atoms with Crippen LogP contribution in [-0.4, -0.2) is 41.1 Å². The Balaban J connectivity index is 1.70. The monoisotopic (exact) mass is 394 g/mol. The summed E-state index contributed by atoms with van der Waals surface area (Å²) < 4.78 is 10.5. The lowest BCUT2D eigenvalue weighted by atomic mass is 10.1. The molecule has 3 N–H and O–H groups in total. The van der Waals surface area contributed by atoms with E-state index in [1.807, 2.05) is 38.1 Å². The minimum Gasteiger partial charge on any atom is -0.504 e. The average Bonchev–Trinajstić information content (AvgIpc) is 3.11. The van der Waals surface area contributed by atoms with Crippen molar-refractivity contribution >= 4 is 12.1 Å². The smallest absolute Gasteiger partial charge is 0.289 e. The highest BCUT2D eigenvalue weighted by atomic mass is 16.5. The van der Waals surface area contributed by atoms with Gasteiger partial charge in [-0.25, -0.2) is 5.43 Å². The zero-order valence-corrected chi connectivity index (χ0v) is 16.4. The predicted octanol–water partition coefficient (Wildman–Crippen LogP) is 3.26. The van der Waals surface area contributed by atoms with Gasteiger partial charge in [-0.15, -0.1) is 0 Å². The highest BCUT2D eigenvalue weighted by Crippen LogP contribution is 2.26. The van der Waals surface area contributed by atoms with Crippen molar-refractivity contribution in [1.29, 1.82) is 0 Å². The summed E-state index contributed by atoms with van der Waals surface area (Å²) in [5.41, 5.74) is 5.74. The number of ether oxygens (including phenoxy) is 2. The van der Waals surface area contributed by atoms with Crippen LogP contribution in [0.25, 0.3) is 11.3 Å². The second-order valence-electron chi connectivity index (χ2n) is 6.16. The van der Waals surface area contributed by atoms with E-state index >= 15 is 0 Å². The maximum absolute atomic E-state index is 12.4. The molecule has 3 rings (SSSR count). The fourth-order valence-electron chi connectivity index (χ4n) is 2.77. The highest BCUT2D eigenvalue weighted by Gasteiger charge is 2.16. The van der Waals surface area contributed by atoms with Gasteiger partial charge in [-0.3, -0.25) is 9.89 Å². The number of aromatic hydroxyl groups is 1. The molecule has 1 aromatic heterocycles. The Morgan fingerprint density at radius 3 is 2.72 bits per heavy atom. The SMILES string of the molecule is CCOc1ccc(-c2n[nH]c(C(=O)NN=Cc3ccc(O)c(OC)c3)c2C)cc1. The molecule has 29 heavy (non-hydrogen) atoms. The van der Waals surface area contributed by atoms with Crippen LogP contribution < -0.4 is 14.9 Å². The van der Waals surface area contributed by atoms with Crippen molar-refractivity contribution in [2.75, 3.05) is 13.7 Å². The summed E-state index contributed by atoms with van der Waals surface area (Å²) in [6.45, 7) is 4.35. The average molecular weight is 394 g/mol. The van der Waals surface area contributed by atoms with Gasteiger partial charge in [0.1, 0.15) is 11.4 Å². The van der Waals surface area contributed by atoms with E-state index < -0.39 is 5.91 Å². The van der Waals surface area contributed by atoms with Crippen molar-refractivity contribution in [1.82, 2.24) is 15.6 Å². The molecule has 0 spiro atoms. The number of aromatic nitrogens is 2. The summed E-state index contributed by atoms with van der Waals surface area (Å²) in [5, 5.41) is 20.6. The first kappa shape index (κ1) is 19.9. The summed E-state index contributed by atoms with van der Waals surface area (Å²) in [7, 11) is 1.46. The molecule has 1 amide bonds. The van der Waals surface area contributed by atoms with Crippen LogP contribution in [0.2, 0.25) is 0 Å². The summed E-state index contributed by atoms with van der Waals surface area (Å²) in [6, 6.07) is 12.3. The van der Waals surface area contributed by atoms with Crippen LogP contribution in [0.1, 0.15) is 28.5 Å². The van der Waals surface area contributed by atoms with E-state index in [0.717, 1.165) is 11.3 Å². The van der Waals surface area contributed by atoms with Gasteiger partial charge in [0.05, 0.1) is 25.6 Å². The van der Waals surface area contributed by atoms with Gasteiger partial charge in [-0.05, 0) is 61.9 Å². The summed E-state index contributed by atoms with van der Waals surface area (Å²) in [4.78, 5) is 12.4. The molecule has 0 aliphatic heterocycles. The minimum absolute atomic E-state index is 0.0311. The number of benzene rings is 2. The third kappa shape index (κ3) is 4.55. The Kier molecular flexibility index (Phi) is 6.13. The molecule has 3 aromatic rings. The van der Waals surface area contributed by atoms with E-state index in [9.17, 15) is 9.90 Å². The molecule has 0 aliphatic carbocycles. The topological polar surface area (TPSA) is 109 Å². The van der Waals surface area contributed by atoms with Crippen molar-refractivity contribution in [2.24, 2.45) is 5.10 Å². The number of carbonyl (C=O) groups is 1. The highest BCUT2D eigenvalue weighted by molar-refractivity contribution is 5.96. The van der Waals surface area contributed by atoms with Gasteiger partial charge >= 0.3 is 0 Å². The van der Waals surface area contributed by atoms with Crippen LogP contribution in [0.15, 0.2) is 47.6 Å². The Labute approximate surface area is 168 Å². The van der Waals surface area contributed by atoms with E-state index in [2.05, 4.69) is 20.7 Å². The van der Waals surface area contributed by atoms with Gasteiger partial charge in [0.25, 0.3) is 5.91 Å². The number of hydrogen-bond acceptors (Lipinski definition) is 6. The lowest BCUT2D eigenvalue weighted by molar-refractivity contribution is 0.0949. The number of carbonyl (C=O) groups excluding carboxylic acids is 1. The van der Waals surface area contributed by atoms with Crippen LogP contribution in [-0.2, 0) is 0 Å². The number of nitrogens with one attached hydrogen (secondary N) is 2. The van der Waals surface area contributed by atoms with Gasteiger partial charge in [0, 0.05) is 11.1 Å². The molecular formula is C21H22N4O4. The molecule has 0 fully saturated rings. The molecule has 0 saturated heterocycles.